The van der Waals surface area contributed by atoms with Gasteiger partial charge in [-0.25, -0.2) is 13.2 Å². The number of nitrogens with zero attached hydrogens (tertiary/aromatic N) is 1. The van der Waals surface area contributed by atoms with E-state index in [0.717, 1.165) is 9.87 Å². The average molecular weight is 347 g/mol. The molecule has 1 unspecified atom stereocenters. The molecule has 5 nitrogen and oxygen atoms in total. The lowest BCUT2D eigenvalue weighted by molar-refractivity contribution is -0.137. The molecule has 1 N–H and O–H groups in total. The van der Waals surface area contributed by atoms with Crippen molar-refractivity contribution in [3.05, 3.63) is 59.2 Å². The van der Waals surface area contributed by atoms with Crippen molar-refractivity contribution in [1.29, 1.82) is 0 Å². The van der Waals surface area contributed by atoms with Gasteiger partial charge in [-0.2, -0.15) is 0 Å². The van der Waals surface area contributed by atoms with Gasteiger partial charge in [-0.05, 0) is 51.0 Å². The summed E-state index contributed by atoms with van der Waals surface area (Å²) in [5, 5.41) is 9.44. The fourth-order valence-electron chi connectivity index (χ4n) is 2.60. The van der Waals surface area contributed by atoms with Gasteiger partial charge >= 0.3 is 5.97 Å². The number of hydrogen-bond acceptors (Lipinski definition) is 3. The molecule has 0 saturated carbocycles. The summed E-state index contributed by atoms with van der Waals surface area (Å²) in [5.41, 5.74) is 2.75. The van der Waals surface area contributed by atoms with Gasteiger partial charge in [0.15, 0.2) is 0 Å². The Morgan fingerprint density at radius 3 is 1.96 bits per heavy atom. The number of aliphatic carboxylic acids is 1. The first-order valence-electron chi connectivity index (χ1n) is 7.56. The molecule has 0 saturated heterocycles. The summed E-state index contributed by atoms with van der Waals surface area (Å²) in [4.78, 5) is 11.6. The molecule has 128 valence electrons. The van der Waals surface area contributed by atoms with E-state index in [4.69, 9.17) is 0 Å². The Morgan fingerprint density at radius 1 is 1.00 bits per heavy atom. The molecule has 0 aliphatic heterocycles. The van der Waals surface area contributed by atoms with E-state index in [0.29, 0.717) is 16.8 Å². The second-order valence-electron chi connectivity index (χ2n) is 5.87. The molecule has 1 atom stereocenters. The van der Waals surface area contributed by atoms with Crippen LogP contribution in [0, 0.1) is 20.8 Å². The Labute approximate surface area is 142 Å². The Bertz CT molecular complexity index is 837. The molecule has 2 aromatic rings. The molecule has 2 aromatic carbocycles. The maximum atomic E-state index is 13.2. The highest BCUT2D eigenvalue weighted by Crippen LogP contribution is 2.32. The van der Waals surface area contributed by atoms with Crippen molar-refractivity contribution in [3.8, 4) is 0 Å². The Hall–Kier alpha value is -2.34. The minimum atomic E-state index is -4.01. The van der Waals surface area contributed by atoms with Crippen LogP contribution in [0.5, 0.6) is 0 Å². The second-order valence-corrected chi connectivity index (χ2v) is 7.68. The van der Waals surface area contributed by atoms with Crippen molar-refractivity contribution >= 4 is 21.7 Å². The minimum absolute atomic E-state index is 0.0730. The largest absolute Gasteiger partial charge is 0.480 e. The molecular weight excluding hydrogens is 326 g/mol. The Kier molecular flexibility index (Phi) is 4.99. The van der Waals surface area contributed by atoms with Crippen LogP contribution in [0.3, 0.4) is 0 Å². The van der Waals surface area contributed by atoms with Gasteiger partial charge < -0.3 is 5.11 Å². The predicted octanol–water partition coefficient (Wildman–Crippen LogP) is 3.28. The zero-order chi connectivity index (χ0) is 18.1. The van der Waals surface area contributed by atoms with Crippen LogP contribution in [0.4, 0.5) is 5.69 Å². The van der Waals surface area contributed by atoms with Crippen LogP contribution >= 0.6 is 0 Å². The smallest absolute Gasteiger partial charge is 0.327 e. The SMILES string of the molecule is Cc1ccc(S(=O)(=O)N(c2c(C)cccc2C)C(C)C(=O)O)cc1. The summed E-state index contributed by atoms with van der Waals surface area (Å²) in [6.45, 7) is 6.78. The van der Waals surface area contributed by atoms with Crippen molar-refractivity contribution in [1.82, 2.24) is 0 Å². The van der Waals surface area contributed by atoms with E-state index < -0.39 is 22.0 Å². The molecule has 0 aliphatic rings. The first kappa shape index (κ1) is 18.0. The normalized spacial score (nSPS) is 12.7. The van der Waals surface area contributed by atoms with Crippen LogP contribution in [-0.2, 0) is 14.8 Å². The predicted molar refractivity (Wildman–Crippen MR) is 93.9 cm³/mol. The fourth-order valence-corrected chi connectivity index (χ4v) is 4.34. The van der Waals surface area contributed by atoms with Crippen molar-refractivity contribution < 1.29 is 18.3 Å². The maximum Gasteiger partial charge on any atom is 0.327 e. The van der Waals surface area contributed by atoms with Crippen molar-refractivity contribution in [2.24, 2.45) is 0 Å². The summed E-state index contributed by atoms with van der Waals surface area (Å²) < 4.78 is 27.3. The highest BCUT2D eigenvalue weighted by Gasteiger charge is 2.34. The fraction of sp³-hybridized carbons (Fsp3) is 0.278. The van der Waals surface area contributed by atoms with E-state index in [1.165, 1.54) is 19.1 Å². The lowest BCUT2D eigenvalue weighted by Gasteiger charge is -2.30. The minimum Gasteiger partial charge on any atom is -0.480 e. The summed E-state index contributed by atoms with van der Waals surface area (Å²) in [6, 6.07) is 10.5. The zero-order valence-corrected chi connectivity index (χ0v) is 15.0. The molecule has 0 amide bonds. The van der Waals surface area contributed by atoms with Crippen LogP contribution in [-0.4, -0.2) is 25.5 Å². The number of para-hydroxylation sites is 1. The lowest BCUT2D eigenvalue weighted by atomic mass is 10.1. The highest BCUT2D eigenvalue weighted by molar-refractivity contribution is 7.93. The average Bonchev–Trinajstić information content (AvgIpc) is 2.50. The maximum absolute atomic E-state index is 13.2. The number of rotatable bonds is 5. The topological polar surface area (TPSA) is 74.7 Å². The number of hydrogen-bond donors (Lipinski definition) is 1. The molecule has 0 heterocycles. The summed E-state index contributed by atoms with van der Waals surface area (Å²) >= 11 is 0. The number of carboxylic acid groups (broad SMARTS) is 1. The third kappa shape index (κ3) is 3.28. The van der Waals surface area contributed by atoms with E-state index in [1.54, 1.807) is 38.1 Å². The summed E-state index contributed by atoms with van der Waals surface area (Å²) in [7, 11) is -4.01. The van der Waals surface area contributed by atoms with E-state index in [9.17, 15) is 18.3 Å². The van der Waals surface area contributed by atoms with Gasteiger partial charge in [-0.15, -0.1) is 0 Å². The van der Waals surface area contributed by atoms with Gasteiger partial charge in [0.1, 0.15) is 6.04 Å². The highest BCUT2D eigenvalue weighted by atomic mass is 32.2. The van der Waals surface area contributed by atoms with Crippen LogP contribution in [0.15, 0.2) is 47.4 Å². The van der Waals surface area contributed by atoms with Crippen LogP contribution in [0.25, 0.3) is 0 Å². The molecule has 0 spiro atoms. The first-order valence-corrected chi connectivity index (χ1v) is 9.00. The van der Waals surface area contributed by atoms with Crippen LogP contribution < -0.4 is 4.31 Å². The van der Waals surface area contributed by atoms with Crippen molar-refractivity contribution in [2.45, 2.75) is 38.6 Å². The number of carbonyl (C=O) groups is 1. The van der Waals surface area contributed by atoms with Gasteiger partial charge in [0.05, 0.1) is 10.6 Å². The van der Waals surface area contributed by atoms with Crippen molar-refractivity contribution in [3.63, 3.8) is 0 Å². The quantitative estimate of drug-likeness (QED) is 0.901. The molecule has 0 fully saturated rings. The molecule has 0 aromatic heterocycles. The van der Waals surface area contributed by atoms with Crippen LogP contribution in [0.2, 0.25) is 0 Å². The monoisotopic (exact) mass is 347 g/mol. The number of benzene rings is 2. The van der Waals surface area contributed by atoms with Gasteiger partial charge in [-0.3, -0.25) is 4.31 Å². The number of anilines is 1. The van der Waals surface area contributed by atoms with E-state index in [-0.39, 0.29) is 4.90 Å². The number of aryl methyl sites for hydroxylation is 3. The molecule has 0 bridgehead atoms. The summed E-state index contributed by atoms with van der Waals surface area (Å²) in [5.74, 6) is -1.20. The molecule has 0 aliphatic carbocycles. The lowest BCUT2D eigenvalue weighted by Crippen LogP contribution is -2.44. The third-order valence-electron chi connectivity index (χ3n) is 3.95. The molecule has 6 heteroatoms. The van der Waals surface area contributed by atoms with Gasteiger partial charge in [0, 0.05) is 0 Å². The van der Waals surface area contributed by atoms with Crippen molar-refractivity contribution in [2.75, 3.05) is 4.31 Å². The number of sulfonamides is 1. The third-order valence-corrected chi connectivity index (χ3v) is 5.83. The molecule has 0 radical (unpaired) electrons. The van der Waals surface area contributed by atoms with E-state index in [1.807, 2.05) is 13.0 Å². The van der Waals surface area contributed by atoms with E-state index in [2.05, 4.69) is 0 Å². The summed E-state index contributed by atoms with van der Waals surface area (Å²) in [6.07, 6.45) is 0. The zero-order valence-electron chi connectivity index (χ0n) is 14.1. The molecule has 24 heavy (non-hydrogen) atoms. The second kappa shape index (κ2) is 6.65. The standard InChI is InChI=1S/C18H21NO4S/c1-12-8-10-16(11-9-12)24(22,23)19(15(4)18(20)21)17-13(2)6-5-7-14(17)3/h5-11,15H,1-4H3,(H,20,21). The molecule has 2 rings (SSSR count). The van der Waals surface area contributed by atoms with Gasteiger partial charge in [-0.1, -0.05) is 35.9 Å². The Balaban J connectivity index is 2.71. The number of carboxylic acids is 1. The molecular formula is C18H21NO4S. The first-order chi connectivity index (χ1) is 11.2. The Morgan fingerprint density at radius 2 is 1.50 bits per heavy atom. The van der Waals surface area contributed by atoms with Gasteiger partial charge in [0.2, 0.25) is 0 Å². The van der Waals surface area contributed by atoms with Gasteiger partial charge in [0.25, 0.3) is 10.0 Å². The van der Waals surface area contributed by atoms with E-state index >= 15 is 0 Å². The van der Waals surface area contributed by atoms with Crippen LogP contribution in [0.1, 0.15) is 23.6 Å².